The fraction of sp³-hybridized carbons (Fsp3) is 0.441. The molecule has 1 aliphatic heterocycles. The third-order valence-corrected chi connectivity index (χ3v) is 9.12. The largest absolute Gasteiger partial charge is 0.494 e. The first-order chi connectivity index (χ1) is 21.1. The van der Waals surface area contributed by atoms with E-state index in [1.54, 1.807) is 32.2 Å². The molecule has 7 N–H and O–H groups in total. The summed E-state index contributed by atoms with van der Waals surface area (Å²) in [6, 6.07) is 16.4. The number of carboxylic acid groups (broad SMARTS) is 1. The second-order valence-electron chi connectivity index (χ2n) is 11.7. The SMILES string of the molecule is COc1cc(C(CC(=O)O)c2ccc(C)c(CN3CC(C)Oc4cc(CCCCCCN)ccc4S3)c2)cc(N)c1N(C)N. The van der Waals surface area contributed by atoms with Gasteiger partial charge in [-0.15, -0.1) is 0 Å². The third kappa shape index (κ3) is 8.59. The van der Waals surface area contributed by atoms with Gasteiger partial charge in [-0.25, -0.2) is 10.1 Å². The maximum atomic E-state index is 12.0. The monoisotopic (exact) mass is 621 g/mol. The minimum atomic E-state index is -0.893. The highest BCUT2D eigenvalue weighted by molar-refractivity contribution is 7.97. The lowest BCUT2D eigenvalue weighted by Crippen LogP contribution is -2.27. The van der Waals surface area contributed by atoms with E-state index < -0.39 is 11.9 Å². The summed E-state index contributed by atoms with van der Waals surface area (Å²) in [7, 11) is 3.24. The van der Waals surface area contributed by atoms with Gasteiger partial charge >= 0.3 is 5.97 Å². The molecule has 0 amide bonds. The van der Waals surface area contributed by atoms with Gasteiger partial charge in [0, 0.05) is 26.1 Å². The molecule has 0 saturated carbocycles. The number of ether oxygens (including phenoxy) is 2. The summed E-state index contributed by atoms with van der Waals surface area (Å²) in [5.74, 6) is 6.11. The van der Waals surface area contributed by atoms with Crippen LogP contribution in [0, 0.1) is 6.92 Å². The Hall–Kier alpha value is -3.44. The molecule has 0 radical (unpaired) electrons. The lowest BCUT2D eigenvalue weighted by Gasteiger charge is -2.25. The van der Waals surface area contributed by atoms with Gasteiger partial charge in [-0.2, -0.15) is 0 Å². The summed E-state index contributed by atoms with van der Waals surface area (Å²) in [4.78, 5) is 13.1. The lowest BCUT2D eigenvalue weighted by molar-refractivity contribution is -0.137. The number of aryl methyl sites for hydroxylation is 2. The van der Waals surface area contributed by atoms with Crippen molar-refractivity contribution in [2.45, 2.75) is 75.8 Å². The van der Waals surface area contributed by atoms with Crippen molar-refractivity contribution < 1.29 is 19.4 Å². The van der Waals surface area contributed by atoms with Crippen molar-refractivity contribution in [1.82, 2.24) is 4.31 Å². The molecule has 9 nitrogen and oxygen atoms in total. The summed E-state index contributed by atoms with van der Waals surface area (Å²) in [6.45, 7) is 6.39. The number of aliphatic carboxylic acids is 1. The number of nitrogen functional groups attached to an aromatic ring is 1. The average molecular weight is 622 g/mol. The van der Waals surface area contributed by atoms with Crippen LogP contribution in [0.2, 0.25) is 0 Å². The number of hydrogen-bond acceptors (Lipinski definition) is 9. The molecule has 2 unspecified atom stereocenters. The van der Waals surface area contributed by atoms with Crippen molar-refractivity contribution in [3.05, 3.63) is 76.3 Å². The Morgan fingerprint density at radius 2 is 1.91 bits per heavy atom. The van der Waals surface area contributed by atoms with Crippen molar-refractivity contribution in [1.29, 1.82) is 0 Å². The number of hydrazine groups is 1. The molecule has 1 heterocycles. The zero-order valence-corrected chi connectivity index (χ0v) is 27.2. The molecular formula is C34H47N5O4S. The number of anilines is 2. The molecule has 1 aliphatic rings. The predicted molar refractivity (Wildman–Crippen MR) is 179 cm³/mol. The highest BCUT2D eigenvalue weighted by Gasteiger charge is 2.25. The summed E-state index contributed by atoms with van der Waals surface area (Å²) < 4.78 is 14.3. The van der Waals surface area contributed by atoms with Crippen LogP contribution in [0.3, 0.4) is 0 Å². The van der Waals surface area contributed by atoms with E-state index in [9.17, 15) is 9.90 Å². The zero-order chi connectivity index (χ0) is 31.8. The molecule has 0 saturated heterocycles. The Morgan fingerprint density at radius 3 is 2.61 bits per heavy atom. The van der Waals surface area contributed by atoms with E-state index >= 15 is 0 Å². The van der Waals surface area contributed by atoms with Gasteiger partial charge in [-0.1, -0.05) is 37.1 Å². The van der Waals surface area contributed by atoms with E-state index in [1.165, 1.54) is 23.4 Å². The lowest BCUT2D eigenvalue weighted by atomic mass is 9.86. The molecule has 10 heteroatoms. The molecular weight excluding hydrogens is 574 g/mol. The van der Waals surface area contributed by atoms with Gasteiger partial charge in [0.15, 0.2) is 0 Å². The molecule has 4 rings (SSSR count). The second kappa shape index (κ2) is 15.5. The Kier molecular flexibility index (Phi) is 11.8. The number of carboxylic acids is 1. The number of hydrogen-bond donors (Lipinski definition) is 4. The summed E-state index contributed by atoms with van der Waals surface area (Å²) in [5.41, 5.74) is 18.2. The van der Waals surface area contributed by atoms with Crippen LogP contribution < -0.4 is 31.8 Å². The summed E-state index contributed by atoms with van der Waals surface area (Å²) in [6.07, 6.45) is 5.57. The van der Waals surface area contributed by atoms with E-state index in [2.05, 4.69) is 48.5 Å². The first-order valence-electron chi connectivity index (χ1n) is 15.3. The quantitative estimate of drug-likeness (QED) is 0.0569. The predicted octanol–water partition coefficient (Wildman–Crippen LogP) is 5.85. The van der Waals surface area contributed by atoms with E-state index in [-0.39, 0.29) is 12.5 Å². The Morgan fingerprint density at radius 1 is 1.14 bits per heavy atom. The minimum absolute atomic E-state index is 0.0152. The molecule has 0 aliphatic carbocycles. The number of benzene rings is 3. The van der Waals surface area contributed by atoms with Crippen LogP contribution in [-0.4, -0.2) is 48.7 Å². The highest BCUT2D eigenvalue weighted by Crippen LogP contribution is 2.41. The second-order valence-corrected chi connectivity index (χ2v) is 12.8. The zero-order valence-electron chi connectivity index (χ0n) is 26.3. The van der Waals surface area contributed by atoms with E-state index in [1.807, 2.05) is 12.1 Å². The van der Waals surface area contributed by atoms with E-state index in [4.69, 9.17) is 26.8 Å². The van der Waals surface area contributed by atoms with Gasteiger partial charge in [0.05, 0.1) is 24.1 Å². The molecule has 0 spiro atoms. The van der Waals surface area contributed by atoms with Crippen LogP contribution in [-0.2, 0) is 17.8 Å². The maximum Gasteiger partial charge on any atom is 0.304 e. The Labute approximate surface area is 265 Å². The standard InChI is InChI=1S/C34H47N5O4S/c1-22-10-12-25(28(19-33(40)41)26-17-29(36)34(38(3)37)31(18-26)42-4)16-27(22)21-39-20-23(2)43-30-15-24(11-13-32(30)44-39)9-7-5-6-8-14-35/h10-13,15-18,23,28H,5-9,14,19-21,35-37H2,1-4H3,(H,40,41). The maximum absolute atomic E-state index is 12.0. The minimum Gasteiger partial charge on any atom is -0.494 e. The van der Waals surface area contributed by atoms with Gasteiger partial charge in [-0.3, -0.25) is 4.79 Å². The molecule has 0 bridgehead atoms. The summed E-state index contributed by atoms with van der Waals surface area (Å²) >= 11 is 1.71. The van der Waals surface area contributed by atoms with Crippen LogP contribution in [0.1, 0.15) is 72.8 Å². The average Bonchev–Trinajstić information content (AvgIpc) is 3.13. The number of fused-ring (bicyclic) bond motifs is 1. The van der Waals surface area contributed by atoms with Crippen LogP contribution in [0.5, 0.6) is 11.5 Å². The first kappa shape index (κ1) is 33.5. The fourth-order valence-electron chi connectivity index (χ4n) is 5.77. The highest BCUT2D eigenvalue weighted by atomic mass is 32.2. The number of unbranched alkanes of at least 4 members (excludes halogenated alkanes) is 3. The third-order valence-electron chi connectivity index (χ3n) is 8.05. The van der Waals surface area contributed by atoms with Crippen LogP contribution >= 0.6 is 11.9 Å². The van der Waals surface area contributed by atoms with Gasteiger partial charge in [0.1, 0.15) is 23.3 Å². The number of methoxy groups -OCH3 is 1. The molecule has 2 atom stereocenters. The van der Waals surface area contributed by atoms with Crippen molar-refractivity contribution in [2.75, 3.05) is 38.0 Å². The number of nitrogens with zero attached hydrogens (tertiary/aromatic N) is 2. The number of rotatable bonds is 14. The van der Waals surface area contributed by atoms with Crippen molar-refractivity contribution in [3.63, 3.8) is 0 Å². The van der Waals surface area contributed by atoms with Crippen molar-refractivity contribution in [3.8, 4) is 11.5 Å². The first-order valence-corrected chi connectivity index (χ1v) is 16.1. The van der Waals surface area contributed by atoms with Crippen LogP contribution in [0.25, 0.3) is 0 Å². The molecule has 0 fully saturated rings. The van der Waals surface area contributed by atoms with Crippen molar-refractivity contribution >= 4 is 29.3 Å². The fourth-order valence-corrected chi connectivity index (χ4v) is 6.87. The molecule has 3 aromatic carbocycles. The normalized spacial score (nSPS) is 15.6. The topological polar surface area (TPSA) is 140 Å². The van der Waals surface area contributed by atoms with E-state index in [0.717, 1.165) is 65.3 Å². The Bertz CT molecular complexity index is 1430. The summed E-state index contributed by atoms with van der Waals surface area (Å²) in [5, 5.41) is 11.3. The Balaban J connectivity index is 1.57. The number of nitrogens with two attached hydrogens (primary N) is 3. The van der Waals surface area contributed by atoms with Gasteiger partial charge < -0.3 is 31.1 Å². The van der Waals surface area contributed by atoms with Gasteiger partial charge in [-0.05, 0) is 104 Å². The van der Waals surface area contributed by atoms with Gasteiger partial charge in [0.25, 0.3) is 0 Å². The van der Waals surface area contributed by atoms with Crippen LogP contribution in [0.4, 0.5) is 11.4 Å². The number of carbonyl (C=O) groups is 1. The molecule has 44 heavy (non-hydrogen) atoms. The molecule has 3 aromatic rings. The van der Waals surface area contributed by atoms with Gasteiger partial charge in [0.2, 0.25) is 0 Å². The molecule has 238 valence electrons. The van der Waals surface area contributed by atoms with E-state index in [0.29, 0.717) is 23.7 Å². The van der Waals surface area contributed by atoms with Crippen LogP contribution in [0.15, 0.2) is 53.4 Å². The smallest absolute Gasteiger partial charge is 0.304 e. The van der Waals surface area contributed by atoms with Crippen molar-refractivity contribution in [2.24, 2.45) is 11.6 Å². The molecule has 0 aromatic heterocycles.